The van der Waals surface area contributed by atoms with E-state index in [1.165, 1.54) is 11.1 Å². The first kappa shape index (κ1) is 9.30. The van der Waals surface area contributed by atoms with Crippen LogP contribution in [0.15, 0.2) is 30.5 Å². The van der Waals surface area contributed by atoms with Gasteiger partial charge in [0.15, 0.2) is 0 Å². The van der Waals surface area contributed by atoms with Crippen molar-refractivity contribution in [2.45, 2.75) is 13.2 Å². The normalized spacial score (nSPS) is 13.8. The van der Waals surface area contributed by atoms with Crippen molar-refractivity contribution in [1.29, 1.82) is 0 Å². The molecule has 0 spiro atoms. The fourth-order valence-corrected chi connectivity index (χ4v) is 1.87. The lowest BCUT2D eigenvalue weighted by atomic mass is 10.0. The van der Waals surface area contributed by atoms with Gasteiger partial charge in [0.05, 0.1) is 18.9 Å². The van der Waals surface area contributed by atoms with Gasteiger partial charge in [0.1, 0.15) is 0 Å². The van der Waals surface area contributed by atoms with Crippen molar-refractivity contribution in [2.24, 2.45) is 0 Å². The molecule has 0 saturated carbocycles. The van der Waals surface area contributed by atoms with E-state index in [9.17, 15) is 0 Å². The topological polar surface area (TPSA) is 61.0 Å². The lowest BCUT2D eigenvalue weighted by Crippen LogP contribution is -1.95. The number of ether oxygens (including phenoxy) is 1. The van der Waals surface area contributed by atoms with Crippen LogP contribution in [-0.2, 0) is 18.0 Å². The molecule has 0 saturated heterocycles. The molecule has 80 valence electrons. The number of nitrogen functional groups attached to an aromatic ring is 1. The maximum absolute atomic E-state index is 5.56. The minimum absolute atomic E-state index is 0.300. The lowest BCUT2D eigenvalue weighted by molar-refractivity contribution is 0.134. The summed E-state index contributed by atoms with van der Waals surface area (Å²) in [7, 11) is 0. The molecule has 1 aliphatic heterocycles. The molecule has 0 amide bonds. The summed E-state index contributed by atoms with van der Waals surface area (Å²) in [6, 6.07) is 8.07. The molecule has 2 heterocycles. The summed E-state index contributed by atoms with van der Waals surface area (Å²) >= 11 is 0. The van der Waals surface area contributed by atoms with E-state index in [4.69, 9.17) is 10.5 Å². The van der Waals surface area contributed by atoms with Gasteiger partial charge in [-0.05, 0) is 23.3 Å². The number of aromatic nitrogens is 2. The van der Waals surface area contributed by atoms with Gasteiger partial charge >= 0.3 is 0 Å². The zero-order valence-corrected chi connectivity index (χ0v) is 8.68. The first-order valence-corrected chi connectivity index (χ1v) is 5.11. The third kappa shape index (κ3) is 1.53. The summed E-state index contributed by atoms with van der Waals surface area (Å²) < 4.78 is 5.37. The number of nitrogens with zero attached hydrogens (tertiary/aromatic N) is 2. The monoisotopic (exact) mass is 213 g/mol. The SMILES string of the molecule is Nc1nccc(-c2ccc3c(c2)COC3)n1. The Hall–Kier alpha value is -1.94. The van der Waals surface area contributed by atoms with Crippen molar-refractivity contribution in [3.8, 4) is 11.3 Å². The Labute approximate surface area is 93.1 Å². The zero-order valence-electron chi connectivity index (χ0n) is 8.68. The molecule has 0 bridgehead atoms. The highest BCUT2D eigenvalue weighted by atomic mass is 16.5. The van der Waals surface area contributed by atoms with Gasteiger partial charge in [0.2, 0.25) is 5.95 Å². The summed E-state index contributed by atoms with van der Waals surface area (Å²) in [6.45, 7) is 1.39. The van der Waals surface area contributed by atoms with Crippen LogP contribution < -0.4 is 5.73 Å². The summed E-state index contributed by atoms with van der Waals surface area (Å²) in [6.07, 6.45) is 1.67. The van der Waals surface area contributed by atoms with Gasteiger partial charge in [-0.15, -0.1) is 0 Å². The summed E-state index contributed by atoms with van der Waals surface area (Å²) in [4.78, 5) is 8.07. The van der Waals surface area contributed by atoms with E-state index in [0.717, 1.165) is 11.3 Å². The van der Waals surface area contributed by atoms with Crippen molar-refractivity contribution in [3.05, 3.63) is 41.6 Å². The first-order valence-electron chi connectivity index (χ1n) is 5.11. The highest BCUT2D eigenvalue weighted by Gasteiger charge is 2.12. The van der Waals surface area contributed by atoms with Gasteiger partial charge in [-0.3, -0.25) is 0 Å². The quantitative estimate of drug-likeness (QED) is 0.784. The van der Waals surface area contributed by atoms with E-state index in [1.807, 2.05) is 12.1 Å². The number of rotatable bonds is 1. The molecular weight excluding hydrogens is 202 g/mol. The molecule has 16 heavy (non-hydrogen) atoms. The van der Waals surface area contributed by atoms with E-state index >= 15 is 0 Å². The Bertz CT molecular complexity index is 540. The smallest absolute Gasteiger partial charge is 0.220 e. The molecule has 2 N–H and O–H groups in total. The van der Waals surface area contributed by atoms with Gasteiger partial charge in [-0.2, -0.15) is 0 Å². The number of hydrogen-bond acceptors (Lipinski definition) is 4. The molecule has 0 radical (unpaired) electrons. The lowest BCUT2D eigenvalue weighted by Gasteiger charge is -2.03. The third-order valence-electron chi connectivity index (χ3n) is 2.69. The fraction of sp³-hybridized carbons (Fsp3) is 0.167. The number of nitrogens with two attached hydrogens (primary N) is 1. The standard InChI is InChI=1S/C12H11N3O/c13-12-14-4-3-11(15-12)8-1-2-9-6-16-7-10(9)5-8/h1-5H,6-7H2,(H2,13,14,15). The molecule has 0 fully saturated rings. The maximum Gasteiger partial charge on any atom is 0.220 e. The van der Waals surface area contributed by atoms with Crippen molar-refractivity contribution in [1.82, 2.24) is 9.97 Å². The Balaban J connectivity index is 2.07. The third-order valence-corrected chi connectivity index (χ3v) is 2.69. The first-order chi connectivity index (χ1) is 7.83. The summed E-state index contributed by atoms with van der Waals surface area (Å²) in [5.74, 6) is 0.300. The van der Waals surface area contributed by atoms with Crippen molar-refractivity contribution in [2.75, 3.05) is 5.73 Å². The minimum Gasteiger partial charge on any atom is -0.372 e. The van der Waals surface area contributed by atoms with E-state index in [0.29, 0.717) is 19.2 Å². The highest BCUT2D eigenvalue weighted by molar-refractivity contribution is 5.61. The number of benzene rings is 1. The average Bonchev–Trinajstić information content (AvgIpc) is 2.75. The molecule has 2 aromatic rings. The number of fused-ring (bicyclic) bond motifs is 1. The van der Waals surface area contributed by atoms with Crippen molar-refractivity contribution < 1.29 is 4.74 Å². The predicted octanol–water partition coefficient (Wildman–Crippen LogP) is 1.76. The molecular formula is C12H11N3O. The van der Waals surface area contributed by atoms with Gasteiger partial charge in [0.25, 0.3) is 0 Å². The fourth-order valence-electron chi connectivity index (χ4n) is 1.87. The second kappa shape index (κ2) is 3.57. The number of anilines is 1. The summed E-state index contributed by atoms with van der Waals surface area (Å²) in [5.41, 5.74) is 9.95. The molecule has 1 aromatic heterocycles. The molecule has 0 aliphatic carbocycles. The van der Waals surface area contributed by atoms with E-state index in [-0.39, 0.29) is 0 Å². The summed E-state index contributed by atoms with van der Waals surface area (Å²) in [5, 5.41) is 0. The number of hydrogen-bond donors (Lipinski definition) is 1. The Kier molecular flexibility index (Phi) is 2.08. The van der Waals surface area contributed by atoms with Gasteiger partial charge in [-0.1, -0.05) is 12.1 Å². The van der Waals surface area contributed by atoms with Gasteiger partial charge in [-0.25, -0.2) is 9.97 Å². The van der Waals surface area contributed by atoms with Crippen LogP contribution in [0.1, 0.15) is 11.1 Å². The Morgan fingerprint density at radius 3 is 2.88 bits per heavy atom. The van der Waals surface area contributed by atoms with Crippen LogP contribution in [0.4, 0.5) is 5.95 Å². The van der Waals surface area contributed by atoms with Gasteiger partial charge in [0, 0.05) is 11.8 Å². The maximum atomic E-state index is 5.56. The minimum atomic E-state index is 0.300. The van der Waals surface area contributed by atoms with Crippen LogP contribution >= 0.6 is 0 Å². The van der Waals surface area contributed by atoms with Crippen molar-refractivity contribution in [3.63, 3.8) is 0 Å². The van der Waals surface area contributed by atoms with Crippen LogP contribution in [0.25, 0.3) is 11.3 Å². The molecule has 3 rings (SSSR count). The van der Waals surface area contributed by atoms with Crippen LogP contribution in [0, 0.1) is 0 Å². The molecule has 4 heteroatoms. The second-order valence-electron chi connectivity index (χ2n) is 3.78. The molecule has 1 aromatic carbocycles. The highest BCUT2D eigenvalue weighted by Crippen LogP contribution is 2.25. The Morgan fingerprint density at radius 2 is 2.00 bits per heavy atom. The van der Waals surface area contributed by atoms with Crippen LogP contribution in [0.3, 0.4) is 0 Å². The second-order valence-corrected chi connectivity index (χ2v) is 3.78. The van der Waals surface area contributed by atoms with E-state index in [1.54, 1.807) is 6.20 Å². The predicted molar refractivity (Wildman–Crippen MR) is 60.4 cm³/mol. The van der Waals surface area contributed by atoms with Crippen LogP contribution in [-0.4, -0.2) is 9.97 Å². The van der Waals surface area contributed by atoms with Crippen LogP contribution in [0.2, 0.25) is 0 Å². The molecule has 0 atom stereocenters. The van der Waals surface area contributed by atoms with Gasteiger partial charge < -0.3 is 10.5 Å². The average molecular weight is 213 g/mol. The van der Waals surface area contributed by atoms with Crippen LogP contribution in [0.5, 0.6) is 0 Å². The Morgan fingerprint density at radius 1 is 1.12 bits per heavy atom. The zero-order chi connectivity index (χ0) is 11.0. The van der Waals surface area contributed by atoms with E-state index < -0.39 is 0 Å². The van der Waals surface area contributed by atoms with Crippen molar-refractivity contribution >= 4 is 5.95 Å². The molecule has 4 nitrogen and oxygen atoms in total. The van der Waals surface area contributed by atoms with E-state index in [2.05, 4.69) is 22.1 Å². The molecule has 1 aliphatic rings. The molecule has 0 unspecified atom stereocenters. The largest absolute Gasteiger partial charge is 0.372 e.